The number of nitrogens with zero attached hydrogens (tertiary/aromatic N) is 1. The number of rotatable bonds is 3. The van der Waals surface area contributed by atoms with Gasteiger partial charge in [-0.25, -0.2) is 0 Å². The molecule has 0 radical (unpaired) electrons. The lowest BCUT2D eigenvalue weighted by Gasteiger charge is -2.35. The van der Waals surface area contributed by atoms with Crippen molar-refractivity contribution in [2.75, 3.05) is 14.2 Å². The minimum Gasteiger partial charge on any atom is -0.504 e. The molecule has 2 rings (SSSR count). The highest BCUT2D eigenvalue weighted by molar-refractivity contribution is 5.48. The van der Waals surface area contributed by atoms with Crippen LogP contribution in [0, 0.1) is 0 Å². The van der Waals surface area contributed by atoms with Gasteiger partial charge in [0.05, 0.1) is 7.11 Å². The monoisotopic (exact) mass is 259 g/mol. The van der Waals surface area contributed by atoms with E-state index in [9.17, 15) is 5.11 Å². The average Bonchev–Trinajstić information content (AvgIpc) is 2.38. The molecule has 1 N–H and O–H groups in total. The lowest BCUT2D eigenvalue weighted by Crippen LogP contribution is -2.38. The largest absolute Gasteiger partial charge is 0.504 e. The molecule has 0 saturated carbocycles. The number of ether oxygens (including phenoxy) is 1. The topological polar surface area (TPSA) is 32.7 Å². The van der Waals surface area contributed by atoms with Crippen LogP contribution in [0.15, 0.2) is 36.4 Å². The Balaban J connectivity index is 2.35. The summed E-state index contributed by atoms with van der Waals surface area (Å²) in [5.74, 6) is 0.763. The zero-order chi connectivity index (χ0) is 14.0. The van der Waals surface area contributed by atoms with Gasteiger partial charge in [-0.1, -0.05) is 24.3 Å². The molecule has 102 valence electrons. The van der Waals surface area contributed by atoms with Gasteiger partial charge in [-0.15, -0.1) is 0 Å². The Labute approximate surface area is 114 Å². The van der Waals surface area contributed by atoms with Gasteiger partial charge in [0.15, 0.2) is 11.5 Å². The van der Waals surface area contributed by atoms with Crippen LogP contribution in [-0.4, -0.2) is 30.2 Å². The van der Waals surface area contributed by atoms with Crippen LogP contribution in [0.2, 0.25) is 0 Å². The van der Waals surface area contributed by atoms with Gasteiger partial charge >= 0.3 is 0 Å². The van der Waals surface area contributed by atoms with Gasteiger partial charge in [0.25, 0.3) is 0 Å². The van der Waals surface area contributed by atoms with Crippen molar-refractivity contribution in [1.82, 2.24) is 4.90 Å². The van der Waals surface area contributed by atoms with Gasteiger partial charge in [-0.05, 0) is 43.7 Å². The van der Waals surface area contributed by atoms with Crippen LogP contribution in [0.3, 0.4) is 0 Å². The van der Waals surface area contributed by atoms with Gasteiger partial charge in [0.2, 0.25) is 0 Å². The number of hydrogen-bond donors (Lipinski definition) is 1. The zero-order valence-electron chi connectivity index (χ0n) is 11.8. The molecule has 1 atom stereocenters. The summed E-state index contributed by atoms with van der Waals surface area (Å²) in [6, 6.07) is 4.12. The second kappa shape index (κ2) is 5.49. The number of hydrogen-bond acceptors (Lipinski definition) is 3. The standard InChI is InChI=1S/C16H21NO2/c1-5-6-11(2)14-7-12-8-15(18)16(19-4)9-13(12)10-17(14)3/h5-6,8-9,14,18H,1,7,10H2,2-4H3/b11-6+. The smallest absolute Gasteiger partial charge is 0.160 e. The number of phenolic OH excluding ortho intramolecular Hbond substituents is 1. The van der Waals surface area contributed by atoms with Gasteiger partial charge in [-0.2, -0.15) is 0 Å². The van der Waals surface area contributed by atoms with Crippen LogP contribution in [0.1, 0.15) is 18.1 Å². The number of methoxy groups -OCH3 is 1. The van der Waals surface area contributed by atoms with E-state index < -0.39 is 0 Å². The summed E-state index contributed by atoms with van der Waals surface area (Å²) in [6.07, 6.45) is 4.78. The minimum atomic E-state index is 0.218. The number of benzene rings is 1. The third kappa shape index (κ3) is 2.66. The Morgan fingerprint density at radius 3 is 2.84 bits per heavy atom. The van der Waals surface area contributed by atoms with E-state index in [2.05, 4.69) is 31.5 Å². The summed E-state index contributed by atoms with van der Waals surface area (Å²) >= 11 is 0. The summed E-state index contributed by atoms with van der Waals surface area (Å²) in [5, 5.41) is 9.89. The number of fused-ring (bicyclic) bond motifs is 1. The molecule has 0 amide bonds. The van der Waals surface area contributed by atoms with Crippen molar-refractivity contribution in [3.8, 4) is 11.5 Å². The summed E-state index contributed by atoms with van der Waals surface area (Å²) in [4.78, 5) is 2.31. The molecule has 1 aromatic rings. The Hall–Kier alpha value is -1.74. The van der Waals surface area contributed by atoms with Crippen molar-refractivity contribution in [1.29, 1.82) is 0 Å². The fourth-order valence-electron chi connectivity index (χ4n) is 2.70. The lowest BCUT2D eigenvalue weighted by atomic mass is 9.90. The first-order chi connectivity index (χ1) is 9.06. The first-order valence-electron chi connectivity index (χ1n) is 6.45. The van der Waals surface area contributed by atoms with E-state index in [1.165, 1.54) is 16.7 Å². The molecule has 0 bridgehead atoms. The number of likely N-dealkylation sites (N-methyl/N-ethyl adjacent to an activating group) is 1. The van der Waals surface area contributed by atoms with Crippen molar-refractivity contribution in [2.45, 2.75) is 25.9 Å². The molecule has 0 fully saturated rings. The molecule has 3 heteroatoms. The van der Waals surface area contributed by atoms with E-state index in [1.54, 1.807) is 7.11 Å². The highest BCUT2D eigenvalue weighted by Gasteiger charge is 2.25. The fourth-order valence-corrected chi connectivity index (χ4v) is 2.70. The molecule has 0 aliphatic carbocycles. The van der Waals surface area contributed by atoms with Crippen molar-refractivity contribution < 1.29 is 9.84 Å². The highest BCUT2D eigenvalue weighted by atomic mass is 16.5. The van der Waals surface area contributed by atoms with Crippen LogP contribution in [0.25, 0.3) is 0 Å². The highest BCUT2D eigenvalue weighted by Crippen LogP contribution is 2.34. The van der Waals surface area contributed by atoms with Gasteiger partial charge < -0.3 is 9.84 Å². The van der Waals surface area contributed by atoms with Gasteiger partial charge in [0, 0.05) is 12.6 Å². The molecule has 19 heavy (non-hydrogen) atoms. The van der Waals surface area contributed by atoms with Gasteiger partial charge in [0.1, 0.15) is 0 Å². The Kier molecular flexibility index (Phi) is 3.96. The van der Waals surface area contributed by atoms with Crippen LogP contribution < -0.4 is 4.74 Å². The normalized spacial score (nSPS) is 19.9. The van der Waals surface area contributed by atoms with Crippen molar-refractivity contribution in [2.24, 2.45) is 0 Å². The summed E-state index contributed by atoms with van der Waals surface area (Å²) in [6.45, 7) is 6.73. The summed E-state index contributed by atoms with van der Waals surface area (Å²) in [5.41, 5.74) is 3.71. The number of allylic oxidation sites excluding steroid dienone is 2. The first kappa shape index (κ1) is 13.7. The molecule has 0 aromatic heterocycles. The van der Waals surface area contributed by atoms with Crippen molar-refractivity contribution >= 4 is 0 Å². The maximum Gasteiger partial charge on any atom is 0.160 e. The zero-order valence-corrected chi connectivity index (χ0v) is 11.8. The Morgan fingerprint density at radius 1 is 1.47 bits per heavy atom. The quantitative estimate of drug-likeness (QED) is 0.847. The molecular formula is C16H21NO2. The molecule has 1 aliphatic heterocycles. The van der Waals surface area contributed by atoms with E-state index in [0.717, 1.165) is 13.0 Å². The predicted molar refractivity (Wildman–Crippen MR) is 77.6 cm³/mol. The summed E-state index contributed by atoms with van der Waals surface area (Å²) in [7, 11) is 3.70. The van der Waals surface area contributed by atoms with Crippen LogP contribution >= 0.6 is 0 Å². The molecular weight excluding hydrogens is 238 g/mol. The molecule has 1 aromatic carbocycles. The number of aromatic hydroxyl groups is 1. The van der Waals surface area contributed by atoms with E-state index >= 15 is 0 Å². The van der Waals surface area contributed by atoms with Crippen LogP contribution in [0.4, 0.5) is 0 Å². The SMILES string of the molecule is C=C/C=C(\C)C1Cc2cc(O)c(OC)cc2CN1C. The second-order valence-corrected chi connectivity index (χ2v) is 5.07. The Morgan fingerprint density at radius 2 is 2.21 bits per heavy atom. The maximum absolute atomic E-state index is 9.89. The molecule has 1 unspecified atom stereocenters. The predicted octanol–water partition coefficient (Wildman–Crippen LogP) is 2.89. The third-order valence-corrected chi connectivity index (χ3v) is 3.77. The lowest BCUT2D eigenvalue weighted by molar-refractivity contribution is 0.243. The minimum absolute atomic E-state index is 0.218. The molecule has 0 spiro atoms. The van der Waals surface area contributed by atoms with E-state index in [4.69, 9.17) is 4.74 Å². The fraction of sp³-hybridized carbons (Fsp3) is 0.375. The van der Waals surface area contributed by atoms with E-state index in [1.807, 2.05) is 18.2 Å². The van der Waals surface area contributed by atoms with Crippen molar-refractivity contribution in [3.63, 3.8) is 0 Å². The summed E-state index contributed by atoms with van der Waals surface area (Å²) < 4.78 is 5.17. The van der Waals surface area contributed by atoms with Crippen LogP contribution in [-0.2, 0) is 13.0 Å². The third-order valence-electron chi connectivity index (χ3n) is 3.77. The molecule has 0 saturated heterocycles. The second-order valence-electron chi connectivity index (χ2n) is 5.07. The van der Waals surface area contributed by atoms with E-state index in [-0.39, 0.29) is 5.75 Å². The van der Waals surface area contributed by atoms with Gasteiger partial charge in [-0.3, -0.25) is 4.90 Å². The molecule has 1 heterocycles. The first-order valence-corrected chi connectivity index (χ1v) is 6.45. The maximum atomic E-state index is 9.89. The van der Waals surface area contributed by atoms with Crippen molar-refractivity contribution in [3.05, 3.63) is 47.6 Å². The molecule has 3 nitrogen and oxygen atoms in total. The molecule has 1 aliphatic rings. The Bertz CT molecular complexity index is 520. The average molecular weight is 259 g/mol. The number of phenols is 1. The van der Waals surface area contributed by atoms with E-state index in [0.29, 0.717) is 11.8 Å². The van der Waals surface area contributed by atoms with Crippen LogP contribution in [0.5, 0.6) is 11.5 Å².